The van der Waals surface area contributed by atoms with Gasteiger partial charge in [0.1, 0.15) is 0 Å². The van der Waals surface area contributed by atoms with Gasteiger partial charge in [-0.3, -0.25) is 14.8 Å². The number of aromatic nitrogens is 1. The quantitative estimate of drug-likeness (QED) is 0.306. The number of nitrogens with zero attached hydrogens (tertiary/aromatic N) is 1. The lowest BCUT2D eigenvalue weighted by Gasteiger charge is -2.10. The lowest BCUT2D eigenvalue weighted by Crippen LogP contribution is -2.15. The molecule has 0 aliphatic heterocycles. The van der Waals surface area contributed by atoms with Gasteiger partial charge in [-0.15, -0.1) is 11.3 Å². The molecule has 2 N–H and O–H groups in total. The van der Waals surface area contributed by atoms with Crippen molar-refractivity contribution in [3.8, 4) is 11.3 Å². The first-order valence-electron chi connectivity index (χ1n) is 9.63. The van der Waals surface area contributed by atoms with E-state index in [9.17, 15) is 13.2 Å². The molecule has 1 aromatic heterocycles. The molecule has 0 bridgehead atoms. The van der Waals surface area contributed by atoms with Crippen LogP contribution in [0.15, 0.2) is 77.0 Å². The van der Waals surface area contributed by atoms with Crippen LogP contribution < -0.4 is 10.0 Å². The Morgan fingerprint density at radius 2 is 1.73 bits per heavy atom. The van der Waals surface area contributed by atoms with Crippen LogP contribution in [0.25, 0.3) is 11.3 Å². The second-order valence-corrected chi connectivity index (χ2v) is 10.5. The molecule has 0 spiro atoms. The van der Waals surface area contributed by atoms with Crippen LogP contribution in [0, 0.1) is 6.92 Å². The van der Waals surface area contributed by atoms with E-state index in [-0.39, 0.29) is 16.1 Å². The van der Waals surface area contributed by atoms with Gasteiger partial charge in [-0.05, 0) is 49.4 Å². The summed E-state index contributed by atoms with van der Waals surface area (Å²) in [5, 5.41) is 5.78. The normalized spacial score (nSPS) is 11.2. The maximum atomic E-state index is 12.7. The Balaban J connectivity index is 1.48. The number of nitrogens with one attached hydrogen (secondary N) is 2. The largest absolute Gasteiger partial charge is 0.298 e. The van der Waals surface area contributed by atoms with Gasteiger partial charge in [0, 0.05) is 22.2 Å². The minimum atomic E-state index is -3.78. The van der Waals surface area contributed by atoms with E-state index in [4.69, 9.17) is 23.2 Å². The van der Waals surface area contributed by atoms with E-state index in [1.54, 1.807) is 53.9 Å². The van der Waals surface area contributed by atoms with Crippen LogP contribution in [0.5, 0.6) is 0 Å². The molecule has 0 unspecified atom stereocenters. The molecule has 168 valence electrons. The molecule has 4 aromatic rings. The summed E-state index contributed by atoms with van der Waals surface area (Å²) in [5.74, 6) is -0.415. The van der Waals surface area contributed by atoms with E-state index in [0.29, 0.717) is 20.9 Å². The minimum absolute atomic E-state index is 0.139. The second-order valence-electron chi connectivity index (χ2n) is 7.12. The molecule has 0 atom stereocenters. The predicted molar refractivity (Wildman–Crippen MR) is 134 cm³/mol. The molecule has 33 heavy (non-hydrogen) atoms. The highest BCUT2D eigenvalue weighted by molar-refractivity contribution is 7.92. The number of thiazole rings is 1. The highest BCUT2D eigenvalue weighted by Gasteiger charge is 2.16. The Morgan fingerprint density at radius 3 is 2.45 bits per heavy atom. The van der Waals surface area contributed by atoms with E-state index in [1.165, 1.54) is 29.5 Å². The maximum absolute atomic E-state index is 12.7. The lowest BCUT2D eigenvalue weighted by atomic mass is 10.2. The van der Waals surface area contributed by atoms with E-state index in [2.05, 4.69) is 15.0 Å². The molecule has 10 heteroatoms. The van der Waals surface area contributed by atoms with Crippen LogP contribution >= 0.6 is 34.5 Å². The van der Waals surface area contributed by atoms with Crippen LogP contribution in [0.3, 0.4) is 0 Å². The van der Waals surface area contributed by atoms with Crippen molar-refractivity contribution >= 4 is 61.3 Å². The van der Waals surface area contributed by atoms with Crippen molar-refractivity contribution in [3.05, 3.63) is 93.3 Å². The Bertz CT molecular complexity index is 1440. The monoisotopic (exact) mass is 517 g/mol. The number of halogens is 2. The van der Waals surface area contributed by atoms with Crippen molar-refractivity contribution in [2.45, 2.75) is 11.8 Å². The average molecular weight is 518 g/mol. The molecule has 1 amide bonds. The van der Waals surface area contributed by atoms with E-state index in [1.807, 2.05) is 6.92 Å². The number of sulfonamides is 1. The average Bonchev–Trinajstić information content (AvgIpc) is 3.24. The highest BCUT2D eigenvalue weighted by atomic mass is 35.5. The summed E-state index contributed by atoms with van der Waals surface area (Å²) in [6, 6.07) is 17.9. The SMILES string of the molecule is Cc1ccc(S(=O)(=O)Nc2cccc(C(=O)Nc3nc(-c4ccc(Cl)c(Cl)c4)cs3)c2)cc1. The van der Waals surface area contributed by atoms with Crippen molar-refractivity contribution < 1.29 is 13.2 Å². The van der Waals surface area contributed by atoms with Gasteiger partial charge < -0.3 is 0 Å². The topological polar surface area (TPSA) is 88.2 Å². The maximum Gasteiger partial charge on any atom is 0.261 e. The van der Waals surface area contributed by atoms with Crippen LogP contribution in [0.4, 0.5) is 10.8 Å². The first-order valence-corrected chi connectivity index (χ1v) is 12.7. The summed E-state index contributed by atoms with van der Waals surface area (Å²) in [4.78, 5) is 17.3. The number of benzene rings is 3. The zero-order valence-corrected chi connectivity index (χ0v) is 20.3. The van der Waals surface area contributed by atoms with Crippen molar-refractivity contribution in [2.75, 3.05) is 10.0 Å². The Hall–Kier alpha value is -2.91. The molecule has 0 fully saturated rings. The summed E-state index contributed by atoms with van der Waals surface area (Å²) in [7, 11) is -3.78. The second kappa shape index (κ2) is 9.52. The standard InChI is InChI=1S/C23H17Cl2N3O3S2/c1-14-5-8-18(9-6-14)33(30,31)28-17-4-2-3-16(11-17)22(29)27-23-26-21(13-32-23)15-7-10-19(24)20(25)12-15/h2-13,28H,1H3,(H,26,27,29). The fraction of sp³-hybridized carbons (Fsp3) is 0.0435. The third-order valence-corrected chi connectivity index (χ3v) is 7.54. The van der Waals surface area contributed by atoms with Crippen LogP contribution in [-0.2, 0) is 10.0 Å². The fourth-order valence-electron chi connectivity index (χ4n) is 2.94. The van der Waals surface area contributed by atoms with Crippen LogP contribution in [-0.4, -0.2) is 19.3 Å². The molecular formula is C23H17Cl2N3O3S2. The number of amides is 1. The number of hydrogen-bond acceptors (Lipinski definition) is 5. The predicted octanol–water partition coefficient (Wildman–Crippen LogP) is 6.48. The van der Waals surface area contributed by atoms with Gasteiger partial charge in [0.15, 0.2) is 5.13 Å². The number of carbonyl (C=O) groups is 1. The molecule has 0 aliphatic carbocycles. The molecule has 0 saturated heterocycles. The highest BCUT2D eigenvalue weighted by Crippen LogP contribution is 2.30. The zero-order chi connectivity index (χ0) is 23.6. The van der Waals surface area contributed by atoms with Gasteiger partial charge in [0.2, 0.25) is 0 Å². The van der Waals surface area contributed by atoms with Gasteiger partial charge >= 0.3 is 0 Å². The molecule has 0 aliphatic rings. The number of aryl methyl sites for hydroxylation is 1. The third kappa shape index (κ3) is 5.54. The Morgan fingerprint density at radius 1 is 0.970 bits per heavy atom. The molecule has 3 aromatic carbocycles. The van der Waals surface area contributed by atoms with Gasteiger partial charge in [-0.2, -0.15) is 0 Å². The fourth-order valence-corrected chi connectivity index (χ4v) is 5.01. The summed E-state index contributed by atoms with van der Waals surface area (Å²) >= 11 is 13.3. The summed E-state index contributed by atoms with van der Waals surface area (Å²) in [5.41, 5.74) is 2.93. The third-order valence-electron chi connectivity index (χ3n) is 4.65. The van der Waals surface area contributed by atoms with Gasteiger partial charge in [-0.1, -0.05) is 53.0 Å². The Kier molecular flexibility index (Phi) is 6.71. The first kappa shape index (κ1) is 23.3. The van der Waals surface area contributed by atoms with Crippen LogP contribution in [0.1, 0.15) is 15.9 Å². The summed E-state index contributed by atoms with van der Waals surface area (Å²) in [6.07, 6.45) is 0. The summed E-state index contributed by atoms with van der Waals surface area (Å²) < 4.78 is 27.8. The van der Waals surface area contributed by atoms with Crippen molar-refractivity contribution in [1.29, 1.82) is 0 Å². The first-order chi connectivity index (χ1) is 15.7. The zero-order valence-electron chi connectivity index (χ0n) is 17.2. The van der Waals surface area contributed by atoms with Gasteiger partial charge in [0.25, 0.3) is 15.9 Å². The van der Waals surface area contributed by atoms with Gasteiger partial charge in [0.05, 0.1) is 20.6 Å². The lowest BCUT2D eigenvalue weighted by molar-refractivity contribution is 0.102. The number of carbonyl (C=O) groups excluding carboxylic acids is 1. The van der Waals surface area contributed by atoms with Crippen LogP contribution in [0.2, 0.25) is 10.0 Å². The molecule has 6 nitrogen and oxygen atoms in total. The molecular weight excluding hydrogens is 501 g/mol. The van der Waals surface area contributed by atoms with Crippen molar-refractivity contribution in [3.63, 3.8) is 0 Å². The van der Waals surface area contributed by atoms with Crippen molar-refractivity contribution in [1.82, 2.24) is 4.98 Å². The number of anilines is 2. The summed E-state index contributed by atoms with van der Waals surface area (Å²) in [6.45, 7) is 1.88. The molecule has 0 saturated carbocycles. The van der Waals surface area contributed by atoms with E-state index < -0.39 is 15.9 Å². The number of hydrogen-bond donors (Lipinski definition) is 2. The minimum Gasteiger partial charge on any atom is -0.298 e. The van der Waals surface area contributed by atoms with E-state index in [0.717, 1.165) is 11.1 Å². The van der Waals surface area contributed by atoms with Gasteiger partial charge in [-0.25, -0.2) is 13.4 Å². The molecule has 0 radical (unpaired) electrons. The van der Waals surface area contributed by atoms with E-state index >= 15 is 0 Å². The van der Waals surface area contributed by atoms with Crippen molar-refractivity contribution in [2.24, 2.45) is 0 Å². The Labute approximate surface area is 205 Å². The molecule has 4 rings (SSSR count). The number of rotatable bonds is 6. The molecule has 1 heterocycles. The smallest absolute Gasteiger partial charge is 0.261 e.